The monoisotopic (exact) mass is 217 g/mol. The molecule has 1 saturated heterocycles. The number of hydrogen-bond donors (Lipinski definition) is 1. The van der Waals surface area contributed by atoms with Crippen molar-refractivity contribution < 1.29 is 4.74 Å². The van der Waals surface area contributed by atoms with Crippen LogP contribution in [0.5, 0.6) is 0 Å². The first-order valence-corrected chi connectivity index (χ1v) is 4.21. The van der Waals surface area contributed by atoms with Crippen LogP contribution in [0.2, 0.25) is 0 Å². The lowest BCUT2D eigenvalue weighted by atomic mass is 10.7. The van der Waals surface area contributed by atoms with Crippen molar-refractivity contribution in [1.82, 2.24) is 15.1 Å². The highest BCUT2D eigenvalue weighted by Crippen LogP contribution is 2.11. The molecule has 1 unspecified atom stereocenters. The minimum Gasteiger partial charge on any atom is -0.342 e. The molecule has 1 aliphatic heterocycles. The Kier molecular flexibility index (Phi) is 1.93. The van der Waals surface area contributed by atoms with E-state index in [1.165, 1.54) is 0 Å². The third kappa shape index (κ3) is 1.45. The number of halogens is 1. The summed E-state index contributed by atoms with van der Waals surface area (Å²) in [7, 11) is 0. The molecule has 0 bridgehead atoms. The van der Waals surface area contributed by atoms with Crippen molar-refractivity contribution in [2.45, 2.75) is 6.35 Å². The number of hydrogen-bond acceptors (Lipinski definition) is 3. The largest absolute Gasteiger partial charge is 0.342 e. The number of nitrogens with zero attached hydrogens (tertiary/aromatic N) is 2. The first-order chi connectivity index (χ1) is 5.36. The molecule has 60 valence electrons. The van der Waals surface area contributed by atoms with E-state index in [4.69, 9.17) is 4.74 Å². The van der Waals surface area contributed by atoms with Crippen molar-refractivity contribution in [1.29, 1.82) is 0 Å². The Morgan fingerprint density at radius 2 is 2.73 bits per heavy atom. The van der Waals surface area contributed by atoms with E-state index in [0.717, 1.165) is 17.8 Å². The molecule has 2 heterocycles. The van der Waals surface area contributed by atoms with E-state index in [1.54, 1.807) is 4.68 Å². The maximum atomic E-state index is 5.32. The lowest BCUT2D eigenvalue weighted by molar-refractivity contribution is 0.0341. The van der Waals surface area contributed by atoms with Crippen molar-refractivity contribution in [3.8, 4) is 0 Å². The van der Waals surface area contributed by atoms with Crippen LogP contribution in [-0.4, -0.2) is 22.9 Å². The van der Waals surface area contributed by atoms with Gasteiger partial charge >= 0.3 is 0 Å². The van der Waals surface area contributed by atoms with E-state index >= 15 is 0 Å². The van der Waals surface area contributed by atoms with Crippen molar-refractivity contribution in [2.75, 3.05) is 13.2 Å². The zero-order valence-corrected chi connectivity index (χ0v) is 7.41. The van der Waals surface area contributed by atoms with Gasteiger partial charge in [-0.3, -0.25) is 5.32 Å². The molecule has 0 aromatic carbocycles. The highest BCUT2D eigenvalue weighted by Gasteiger charge is 2.16. The molecule has 1 N–H and O–H groups in total. The fraction of sp³-hybridized carbons (Fsp3) is 0.500. The molecule has 0 aliphatic carbocycles. The number of ether oxygens (including phenoxy) is 1. The Labute approximate surface area is 72.7 Å². The van der Waals surface area contributed by atoms with E-state index in [0.29, 0.717) is 0 Å². The van der Waals surface area contributed by atoms with Crippen LogP contribution in [0.25, 0.3) is 0 Å². The van der Waals surface area contributed by atoms with E-state index < -0.39 is 0 Å². The SMILES string of the molecule is Brc1ccn(C2NCCO2)n1. The molecule has 1 aliphatic rings. The first kappa shape index (κ1) is 7.27. The second kappa shape index (κ2) is 2.92. The predicted molar refractivity (Wildman–Crippen MR) is 42.9 cm³/mol. The molecule has 0 amide bonds. The van der Waals surface area contributed by atoms with Crippen molar-refractivity contribution >= 4 is 15.9 Å². The van der Waals surface area contributed by atoms with Gasteiger partial charge in [0.05, 0.1) is 6.61 Å². The van der Waals surface area contributed by atoms with Crippen molar-refractivity contribution in [3.63, 3.8) is 0 Å². The Morgan fingerprint density at radius 3 is 3.27 bits per heavy atom. The average Bonchev–Trinajstić information content (AvgIpc) is 2.55. The smallest absolute Gasteiger partial charge is 0.206 e. The second-order valence-corrected chi connectivity index (χ2v) is 3.11. The van der Waals surface area contributed by atoms with Crippen LogP contribution in [0.1, 0.15) is 6.35 Å². The van der Waals surface area contributed by atoms with E-state index in [9.17, 15) is 0 Å². The van der Waals surface area contributed by atoms with E-state index in [2.05, 4.69) is 26.3 Å². The molecular formula is C6H8BrN3O. The van der Waals surface area contributed by atoms with Crippen molar-refractivity contribution in [3.05, 3.63) is 16.9 Å². The lowest BCUT2D eigenvalue weighted by Gasteiger charge is -2.08. The van der Waals surface area contributed by atoms with Gasteiger partial charge in [0.1, 0.15) is 4.60 Å². The zero-order chi connectivity index (χ0) is 7.68. The van der Waals surface area contributed by atoms with Gasteiger partial charge in [-0.25, -0.2) is 4.68 Å². The molecule has 11 heavy (non-hydrogen) atoms. The van der Waals surface area contributed by atoms with Crippen LogP contribution in [0, 0.1) is 0 Å². The summed E-state index contributed by atoms with van der Waals surface area (Å²) in [4.78, 5) is 0. The summed E-state index contributed by atoms with van der Waals surface area (Å²) in [6.45, 7) is 1.64. The van der Waals surface area contributed by atoms with Gasteiger partial charge in [-0.05, 0) is 22.0 Å². The van der Waals surface area contributed by atoms with Gasteiger partial charge in [-0.1, -0.05) is 0 Å². The summed E-state index contributed by atoms with van der Waals surface area (Å²) in [5.41, 5.74) is 0. The fourth-order valence-corrected chi connectivity index (χ4v) is 1.33. The molecule has 2 rings (SSSR count). The maximum absolute atomic E-state index is 5.32. The van der Waals surface area contributed by atoms with Gasteiger partial charge in [-0.15, -0.1) is 0 Å². The zero-order valence-electron chi connectivity index (χ0n) is 5.83. The van der Waals surface area contributed by atoms with Gasteiger partial charge in [-0.2, -0.15) is 5.10 Å². The topological polar surface area (TPSA) is 39.1 Å². The normalized spacial score (nSPS) is 24.3. The maximum Gasteiger partial charge on any atom is 0.206 e. The molecule has 0 radical (unpaired) electrons. The molecular weight excluding hydrogens is 210 g/mol. The van der Waals surface area contributed by atoms with Gasteiger partial charge in [0.15, 0.2) is 0 Å². The summed E-state index contributed by atoms with van der Waals surface area (Å²) in [6, 6.07) is 1.88. The quantitative estimate of drug-likeness (QED) is 0.754. The standard InChI is InChI=1S/C6H8BrN3O/c7-5-1-3-10(9-5)6-8-2-4-11-6/h1,3,6,8H,2,4H2. The van der Waals surface area contributed by atoms with E-state index in [-0.39, 0.29) is 6.35 Å². The lowest BCUT2D eigenvalue weighted by Crippen LogP contribution is -2.21. The molecule has 0 spiro atoms. The van der Waals surface area contributed by atoms with Crippen LogP contribution in [-0.2, 0) is 4.74 Å². The molecule has 1 fully saturated rings. The third-order valence-electron chi connectivity index (χ3n) is 1.51. The van der Waals surface area contributed by atoms with Crippen LogP contribution >= 0.6 is 15.9 Å². The number of nitrogens with one attached hydrogen (secondary N) is 1. The van der Waals surface area contributed by atoms with Crippen LogP contribution < -0.4 is 5.32 Å². The third-order valence-corrected chi connectivity index (χ3v) is 1.94. The van der Waals surface area contributed by atoms with Gasteiger partial charge in [0.25, 0.3) is 0 Å². The minimum atomic E-state index is -0.0821. The Bertz CT molecular complexity index is 244. The van der Waals surface area contributed by atoms with Crippen LogP contribution in [0.3, 0.4) is 0 Å². The molecule has 0 saturated carbocycles. The van der Waals surface area contributed by atoms with E-state index in [1.807, 2.05) is 12.3 Å². The minimum absolute atomic E-state index is 0.0821. The number of aromatic nitrogens is 2. The summed E-state index contributed by atoms with van der Waals surface area (Å²) < 4.78 is 7.90. The highest BCUT2D eigenvalue weighted by molar-refractivity contribution is 9.10. The van der Waals surface area contributed by atoms with Gasteiger partial charge in [0.2, 0.25) is 6.35 Å². The predicted octanol–water partition coefficient (Wildman–Crippen LogP) is 0.721. The summed E-state index contributed by atoms with van der Waals surface area (Å²) >= 11 is 3.26. The van der Waals surface area contributed by atoms with Crippen LogP contribution in [0.15, 0.2) is 16.9 Å². The average molecular weight is 218 g/mol. The first-order valence-electron chi connectivity index (χ1n) is 3.42. The Hall–Kier alpha value is -0.390. The van der Waals surface area contributed by atoms with Crippen LogP contribution in [0.4, 0.5) is 0 Å². The second-order valence-electron chi connectivity index (χ2n) is 2.30. The molecule has 1 aromatic heterocycles. The molecule has 1 atom stereocenters. The molecule has 1 aromatic rings. The fourth-order valence-electron chi connectivity index (χ4n) is 1.03. The van der Waals surface area contributed by atoms with Gasteiger partial charge < -0.3 is 4.74 Å². The number of rotatable bonds is 1. The molecule has 5 heteroatoms. The summed E-state index contributed by atoms with van der Waals surface area (Å²) in [6.07, 6.45) is 1.79. The Balaban J connectivity index is 2.15. The Morgan fingerprint density at radius 1 is 1.82 bits per heavy atom. The molecule has 4 nitrogen and oxygen atoms in total. The van der Waals surface area contributed by atoms with Gasteiger partial charge in [0, 0.05) is 12.7 Å². The van der Waals surface area contributed by atoms with Crippen molar-refractivity contribution in [2.24, 2.45) is 0 Å². The highest BCUT2D eigenvalue weighted by atomic mass is 79.9. The summed E-state index contributed by atoms with van der Waals surface area (Å²) in [5.74, 6) is 0. The summed E-state index contributed by atoms with van der Waals surface area (Å²) in [5, 5.41) is 7.28.